The van der Waals surface area contributed by atoms with E-state index < -0.39 is 15.3 Å². The SMILES string of the molecule is C[C@H]1CCC(C2=CCCC=C2)S(=O)(=O)N1Cc1ccc(C(=O)N2CC(c3nncn3C)C2)cc1. The minimum atomic E-state index is -3.45. The van der Waals surface area contributed by atoms with Crippen molar-refractivity contribution in [3.05, 3.63) is 71.3 Å². The zero-order valence-corrected chi connectivity index (χ0v) is 20.5. The van der Waals surface area contributed by atoms with E-state index in [1.807, 2.05) is 41.6 Å². The van der Waals surface area contributed by atoms with Crippen molar-refractivity contribution >= 4 is 15.9 Å². The van der Waals surface area contributed by atoms with Crippen LogP contribution in [-0.4, -0.2) is 62.7 Å². The van der Waals surface area contributed by atoms with Gasteiger partial charge >= 0.3 is 0 Å². The zero-order chi connectivity index (χ0) is 23.9. The van der Waals surface area contributed by atoms with E-state index >= 15 is 0 Å². The number of carbonyl (C=O) groups is 1. The zero-order valence-electron chi connectivity index (χ0n) is 19.7. The molecule has 2 aliphatic heterocycles. The van der Waals surface area contributed by atoms with E-state index in [9.17, 15) is 13.2 Å². The summed E-state index contributed by atoms with van der Waals surface area (Å²) in [6, 6.07) is 7.31. The first-order valence-corrected chi connectivity index (χ1v) is 13.4. The molecule has 3 aliphatic rings. The molecule has 3 heterocycles. The average molecular weight is 482 g/mol. The second-order valence-corrected chi connectivity index (χ2v) is 11.7. The minimum Gasteiger partial charge on any atom is -0.337 e. The first-order chi connectivity index (χ1) is 16.3. The molecular formula is C25H31N5O3S. The van der Waals surface area contributed by atoms with Gasteiger partial charge in [-0.2, -0.15) is 4.31 Å². The number of hydrogen-bond acceptors (Lipinski definition) is 5. The minimum absolute atomic E-state index is 0.0139. The highest BCUT2D eigenvalue weighted by molar-refractivity contribution is 7.90. The van der Waals surface area contributed by atoms with Gasteiger partial charge in [0, 0.05) is 38.3 Å². The molecular weight excluding hydrogens is 450 g/mol. The Morgan fingerprint density at radius 2 is 1.88 bits per heavy atom. The maximum atomic E-state index is 13.5. The summed E-state index contributed by atoms with van der Waals surface area (Å²) in [6.45, 7) is 3.56. The highest BCUT2D eigenvalue weighted by Gasteiger charge is 2.41. The largest absolute Gasteiger partial charge is 0.337 e. The van der Waals surface area contributed by atoms with E-state index in [2.05, 4.69) is 22.3 Å². The Kier molecular flexibility index (Phi) is 6.16. The number of benzene rings is 1. The van der Waals surface area contributed by atoms with Crippen LogP contribution in [0.4, 0.5) is 0 Å². The van der Waals surface area contributed by atoms with Crippen molar-refractivity contribution < 1.29 is 13.2 Å². The molecule has 1 aliphatic carbocycles. The summed E-state index contributed by atoms with van der Waals surface area (Å²) in [5.74, 6) is 1.10. The maximum Gasteiger partial charge on any atom is 0.253 e. The normalized spacial score (nSPS) is 25.1. The van der Waals surface area contributed by atoms with Gasteiger partial charge in [-0.05, 0) is 55.9 Å². The molecule has 0 spiro atoms. The van der Waals surface area contributed by atoms with Crippen molar-refractivity contribution in [1.82, 2.24) is 24.0 Å². The lowest BCUT2D eigenvalue weighted by atomic mass is 9.97. The summed E-state index contributed by atoms with van der Waals surface area (Å²) in [4.78, 5) is 14.7. The van der Waals surface area contributed by atoms with Crippen molar-refractivity contribution in [2.24, 2.45) is 7.05 Å². The van der Waals surface area contributed by atoms with Crippen LogP contribution in [0.3, 0.4) is 0 Å². The Morgan fingerprint density at radius 1 is 1.12 bits per heavy atom. The van der Waals surface area contributed by atoms with Crippen molar-refractivity contribution in [1.29, 1.82) is 0 Å². The van der Waals surface area contributed by atoms with Crippen LogP contribution in [0.1, 0.15) is 60.3 Å². The van der Waals surface area contributed by atoms with Gasteiger partial charge < -0.3 is 9.47 Å². The number of likely N-dealkylation sites (tertiary alicyclic amines) is 1. The molecule has 1 amide bonds. The third-order valence-electron chi connectivity index (χ3n) is 7.24. The van der Waals surface area contributed by atoms with Gasteiger partial charge in [0.15, 0.2) is 0 Å². The predicted molar refractivity (Wildman–Crippen MR) is 129 cm³/mol. The molecule has 2 aromatic rings. The van der Waals surface area contributed by atoms with E-state index in [4.69, 9.17) is 0 Å². The maximum absolute atomic E-state index is 13.5. The molecule has 1 aromatic heterocycles. The summed E-state index contributed by atoms with van der Waals surface area (Å²) in [7, 11) is -1.54. The molecule has 1 aromatic carbocycles. The molecule has 180 valence electrons. The standard InChI is InChI=1S/C25H31N5O3S/c1-18-8-13-23(20-6-4-3-5-7-20)34(32,33)30(18)14-19-9-11-21(12-10-19)25(31)29-15-22(16-29)24-27-26-17-28(24)2/h4,6-7,9-12,17-18,22-23H,3,5,8,13-16H2,1-2H3/t18-,23?/m0/s1. The summed E-state index contributed by atoms with van der Waals surface area (Å²) in [5.41, 5.74) is 2.43. The fourth-order valence-corrected chi connectivity index (χ4v) is 7.36. The third kappa shape index (κ3) is 4.22. The van der Waals surface area contributed by atoms with Crippen LogP contribution < -0.4 is 0 Å². The van der Waals surface area contributed by atoms with Gasteiger partial charge in [0.25, 0.3) is 5.91 Å². The summed E-state index contributed by atoms with van der Waals surface area (Å²) in [6.07, 6.45) is 11.2. The van der Waals surface area contributed by atoms with Gasteiger partial charge in [-0.15, -0.1) is 10.2 Å². The van der Waals surface area contributed by atoms with Crippen molar-refractivity contribution in [2.45, 2.75) is 56.4 Å². The monoisotopic (exact) mass is 481 g/mol. The Morgan fingerprint density at radius 3 is 2.53 bits per heavy atom. The molecule has 2 atom stereocenters. The number of nitrogens with zero attached hydrogens (tertiary/aromatic N) is 5. The van der Waals surface area contributed by atoms with Crippen LogP contribution in [-0.2, 0) is 23.6 Å². The van der Waals surface area contributed by atoms with Crippen LogP contribution >= 0.6 is 0 Å². The van der Waals surface area contributed by atoms with Gasteiger partial charge in [0.1, 0.15) is 17.4 Å². The molecule has 8 nitrogen and oxygen atoms in total. The first kappa shape index (κ1) is 23.0. The number of allylic oxidation sites excluding steroid dienone is 3. The molecule has 0 saturated carbocycles. The van der Waals surface area contributed by atoms with Gasteiger partial charge in [-0.1, -0.05) is 30.4 Å². The predicted octanol–water partition coefficient (Wildman–Crippen LogP) is 3.01. The number of aryl methyl sites for hydroxylation is 1. The third-order valence-corrected chi connectivity index (χ3v) is 9.61. The fraction of sp³-hybridized carbons (Fsp3) is 0.480. The topological polar surface area (TPSA) is 88.4 Å². The summed E-state index contributed by atoms with van der Waals surface area (Å²) < 4.78 is 30.5. The first-order valence-electron chi connectivity index (χ1n) is 11.9. The Bertz CT molecular complexity index is 1230. The average Bonchev–Trinajstić information content (AvgIpc) is 3.22. The molecule has 5 rings (SSSR count). The van der Waals surface area contributed by atoms with Crippen LogP contribution in [0.2, 0.25) is 0 Å². The number of hydrogen-bond donors (Lipinski definition) is 0. The molecule has 34 heavy (non-hydrogen) atoms. The lowest BCUT2D eigenvalue weighted by Crippen LogP contribution is -2.49. The van der Waals surface area contributed by atoms with Crippen molar-refractivity contribution in [2.75, 3.05) is 13.1 Å². The highest BCUT2D eigenvalue weighted by Crippen LogP contribution is 2.34. The van der Waals surface area contributed by atoms with Gasteiger partial charge in [-0.25, -0.2) is 8.42 Å². The highest BCUT2D eigenvalue weighted by atomic mass is 32.2. The number of amides is 1. The second kappa shape index (κ2) is 9.11. The van der Waals surface area contributed by atoms with Gasteiger partial charge in [-0.3, -0.25) is 4.79 Å². The molecule has 1 unspecified atom stereocenters. The lowest BCUT2D eigenvalue weighted by molar-refractivity contribution is 0.0591. The summed E-state index contributed by atoms with van der Waals surface area (Å²) in [5, 5.41) is 7.59. The molecule has 2 fully saturated rings. The molecule has 0 N–H and O–H groups in total. The quantitative estimate of drug-likeness (QED) is 0.655. The van der Waals surface area contributed by atoms with E-state index in [0.29, 0.717) is 31.6 Å². The Labute approximate surface area is 201 Å². The van der Waals surface area contributed by atoms with E-state index in [-0.39, 0.29) is 17.9 Å². The summed E-state index contributed by atoms with van der Waals surface area (Å²) >= 11 is 0. The van der Waals surface area contributed by atoms with Gasteiger partial charge in [0.05, 0.1) is 5.92 Å². The molecule has 2 saturated heterocycles. The number of carbonyl (C=O) groups excluding carboxylic acids is 1. The van der Waals surface area contributed by atoms with E-state index in [1.165, 1.54) is 0 Å². The smallest absolute Gasteiger partial charge is 0.253 e. The van der Waals surface area contributed by atoms with Crippen molar-refractivity contribution in [3.63, 3.8) is 0 Å². The van der Waals surface area contributed by atoms with Crippen LogP contribution in [0.5, 0.6) is 0 Å². The number of sulfonamides is 1. The van der Waals surface area contributed by atoms with Crippen LogP contribution in [0.25, 0.3) is 0 Å². The lowest BCUT2D eigenvalue weighted by Gasteiger charge is -2.38. The number of rotatable bonds is 5. The molecule has 0 radical (unpaired) electrons. The fourth-order valence-electron chi connectivity index (χ4n) is 5.14. The van der Waals surface area contributed by atoms with Crippen LogP contribution in [0.15, 0.2) is 54.4 Å². The van der Waals surface area contributed by atoms with Gasteiger partial charge in [0.2, 0.25) is 10.0 Å². The Hall–Kier alpha value is -2.78. The number of aromatic nitrogens is 3. The van der Waals surface area contributed by atoms with Crippen molar-refractivity contribution in [3.8, 4) is 0 Å². The second-order valence-electron chi connectivity index (χ2n) is 9.59. The molecule has 9 heteroatoms. The van der Waals surface area contributed by atoms with E-state index in [0.717, 1.165) is 36.2 Å². The van der Waals surface area contributed by atoms with E-state index in [1.54, 1.807) is 22.8 Å². The van der Waals surface area contributed by atoms with Crippen LogP contribution in [0, 0.1) is 0 Å². The molecule has 0 bridgehead atoms. The Balaban J connectivity index is 1.24.